The van der Waals surface area contributed by atoms with Crippen molar-refractivity contribution in [3.63, 3.8) is 0 Å². The largest absolute Gasteiger partial charge is 0.460 e. The molecule has 61 heavy (non-hydrogen) atoms. The van der Waals surface area contributed by atoms with E-state index in [0.717, 1.165) is 50.5 Å². The third-order valence-electron chi connectivity index (χ3n) is 13.0. The molecule has 2 heterocycles. The lowest BCUT2D eigenvalue weighted by atomic mass is 9.84. The highest BCUT2D eigenvalue weighted by molar-refractivity contribution is 5.82. The summed E-state index contributed by atoms with van der Waals surface area (Å²) in [5, 5.41) is 23.3. The number of allylic oxidation sites excluding steroid dienone is 3. The first-order valence-electron chi connectivity index (χ1n) is 22.8. The summed E-state index contributed by atoms with van der Waals surface area (Å²) in [6, 6.07) is -0.612. The van der Waals surface area contributed by atoms with Crippen LogP contribution in [0.1, 0.15) is 113 Å². The first-order valence-corrected chi connectivity index (χ1v) is 22.8. The summed E-state index contributed by atoms with van der Waals surface area (Å²) in [7, 11) is 10.3. The zero-order valence-corrected chi connectivity index (χ0v) is 40.0. The third kappa shape index (κ3) is 19.5. The number of nitrogens with zero attached hydrogens (tertiary/aromatic N) is 1. The number of methoxy groups -OCH3 is 4. The van der Waals surface area contributed by atoms with Crippen molar-refractivity contribution in [1.82, 2.24) is 4.90 Å². The summed E-state index contributed by atoms with van der Waals surface area (Å²) in [6.07, 6.45) is 17.3. The highest BCUT2D eigenvalue weighted by atomic mass is 16.6. The Balaban J connectivity index is 2.40. The number of rotatable bonds is 14. The molecular formula is C49H85NO11. The van der Waals surface area contributed by atoms with Gasteiger partial charge in [-0.2, -0.15) is 0 Å². The average molecular weight is 864 g/mol. The lowest BCUT2D eigenvalue weighted by Crippen LogP contribution is -2.44. The number of ether oxygens (including phenoxy) is 7. The molecule has 15 atom stereocenters. The predicted octanol–water partition coefficient (Wildman–Crippen LogP) is 7.65. The normalized spacial score (nSPS) is 35.3. The maximum Gasteiger partial charge on any atom is 0.331 e. The van der Waals surface area contributed by atoms with E-state index in [-0.39, 0.29) is 54.9 Å². The zero-order valence-electron chi connectivity index (χ0n) is 40.0. The van der Waals surface area contributed by atoms with Crippen molar-refractivity contribution in [2.45, 2.75) is 174 Å². The molecule has 0 bridgehead atoms. The van der Waals surface area contributed by atoms with Gasteiger partial charge in [-0.3, -0.25) is 9.69 Å². The topological polar surface area (TPSA) is 142 Å². The number of hydrogen-bond donors (Lipinski definition) is 2. The molecule has 352 valence electrons. The van der Waals surface area contributed by atoms with Crippen molar-refractivity contribution in [2.75, 3.05) is 49.1 Å². The van der Waals surface area contributed by atoms with Crippen molar-refractivity contribution in [3.05, 3.63) is 48.1 Å². The quantitative estimate of drug-likeness (QED) is 0.131. The highest BCUT2D eigenvalue weighted by Gasteiger charge is 2.34. The minimum Gasteiger partial charge on any atom is -0.460 e. The molecule has 0 amide bonds. The fraction of sp³-hybridized carbons (Fsp3) is 0.796. The minimum atomic E-state index is -0.757. The van der Waals surface area contributed by atoms with E-state index in [4.69, 9.17) is 33.2 Å². The van der Waals surface area contributed by atoms with E-state index in [0.29, 0.717) is 25.2 Å². The van der Waals surface area contributed by atoms with Gasteiger partial charge in [-0.15, -0.1) is 0 Å². The molecule has 0 saturated carbocycles. The Morgan fingerprint density at radius 1 is 0.934 bits per heavy atom. The molecule has 0 spiro atoms. The Labute approximate surface area is 369 Å². The van der Waals surface area contributed by atoms with Crippen LogP contribution in [0.25, 0.3) is 0 Å². The van der Waals surface area contributed by atoms with E-state index in [9.17, 15) is 19.8 Å². The Kier molecular flexibility index (Phi) is 26.1. The Morgan fingerprint density at radius 3 is 2.30 bits per heavy atom. The Morgan fingerprint density at radius 2 is 1.66 bits per heavy atom. The molecule has 12 heteroatoms. The monoisotopic (exact) mass is 864 g/mol. The number of aliphatic hydroxyl groups excluding tert-OH is 2. The van der Waals surface area contributed by atoms with Crippen molar-refractivity contribution < 1.29 is 53.0 Å². The van der Waals surface area contributed by atoms with Gasteiger partial charge in [0, 0.05) is 59.2 Å². The van der Waals surface area contributed by atoms with Crippen molar-refractivity contribution in [1.29, 1.82) is 0 Å². The van der Waals surface area contributed by atoms with E-state index >= 15 is 0 Å². The number of carbonyl (C=O) groups excluding carboxylic acids is 2. The van der Waals surface area contributed by atoms with Crippen LogP contribution >= 0.6 is 0 Å². The van der Waals surface area contributed by atoms with Gasteiger partial charge in [-0.1, -0.05) is 71.1 Å². The summed E-state index contributed by atoms with van der Waals surface area (Å²) >= 11 is 0. The van der Waals surface area contributed by atoms with E-state index in [1.54, 1.807) is 59.6 Å². The second kappa shape index (κ2) is 29.1. The Bertz CT molecular complexity index is 1370. The van der Waals surface area contributed by atoms with Gasteiger partial charge in [-0.25, -0.2) is 4.79 Å². The van der Waals surface area contributed by atoms with Crippen molar-refractivity contribution >= 4 is 11.9 Å². The van der Waals surface area contributed by atoms with E-state index in [2.05, 4.69) is 26.8 Å². The summed E-state index contributed by atoms with van der Waals surface area (Å²) in [5.74, 6) is -1.56. The molecule has 0 aliphatic carbocycles. The predicted molar refractivity (Wildman–Crippen MR) is 241 cm³/mol. The van der Waals surface area contributed by atoms with E-state index in [1.165, 1.54) is 6.08 Å². The number of esters is 2. The second-order valence-corrected chi connectivity index (χ2v) is 18.3. The van der Waals surface area contributed by atoms with Crippen LogP contribution in [0.4, 0.5) is 0 Å². The number of carbonyl (C=O) groups is 2. The van der Waals surface area contributed by atoms with Crippen LogP contribution in [0, 0.1) is 29.6 Å². The van der Waals surface area contributed by atoms with Gasteiger partial charge in [0.2, 0.25) is 0 Å². The molecule has 1 unspecified atom stereocenters. The maximum atomic E-state index is 13.4. The zero-order chi connectivity index (χ0) is 45.6. The standard InChI is InChI=1S/C49H85NO11/c1-32-22-23-33(2)43(58-13)27-25-35(4)48(53)38(7)45(61-49(54)42(31-55-10)50(8)9)19-15-14-16-21-46(51)60-44(20-17-18-39(28-32)56-11)37(6)47(52)34(3)24-26-40-30-41(57-12)29-36(5)59-40/h14-18,21,23,32,34-45,47-48,52-53H,19-20,22,24-31H2,1-13H3/b15-14+,18-17+,21-16+,33-23+/t32-,34+,35-,36+,37-,38-,39+,40+,41-,42?,43+,44+,45-,47+,48-/m1/s1. The molecular weight excluding hydrogens is 779 g/mol. The number of likely N-dealkylation sites (N-methyl/N-ethyl adjacent to an activating group) is 1. The summed E-state index contributed by atoms with van der Waals surface area (Å²) in [5.41, 5.74) is 1.15. The molecule has 0 aromatic rings. The molecule has 2 aliphatic rings. The number of cyclic esters (lactones) is 1. The molecule has 0 aromatic carbocycles. The van der Waals surface area contributed by atoms with Crippen molar-refractivity contribution in [3.8, 4) is 0 Å². The second-order valence-electron chi connectivity index (χ2n) is 18.3. The molecule has 12 nitrogen and oxygen atoms in total. The lowest BCUT2D eigenvalue weighted by Gasteiger charge is -2.35. The summed E-state index contributed by atoms with van der Waals surface area (Å²) in [4.78, 5) is 28.5. The molecule has 0 aromatic heterocycles. The molecule has 1 saturated heterocycles. The van der Waals surface area contributed by atoms with Gasteiger partial charge in [0.05, 0.1) is 49.3 Å². The van der Waals surface area contributed by atoms with Gasteiger partial charge in [0.25, 0.3) is 0 Å². The fourth-order valence-electron chi connectivity index (χ4n) is 8.59. The van der Waals surface area contributed by atoms with Gasteiger partial charge in [0.15, 0.2) is 0 Å². The minimum absolute atomic E-state index is 0.0592. The van der Waals surface area contributed by atoms with Gasteiger partial charge in [0.1, 0.15) is 18.2 Å². The van der Waals surface area contributed by atoms with Crippen LogP contribution in [0.3, 0.4) is 0 Å². The molecule has 2 aliphatic heterocycles. The van der Waals surface area contributed by atoms with Crippen molar-refractivity contribution in [2.24, 2.45) is 29.6 Å². The van der Waals surface area contributed by atoms with Crippen LogP contribution in [0.2, 0.25) is 0 Å². The molecule has 2 N–H and O–H groups in total. The van der Waals surface area contributed by atoms with Gasteiger partial charge < -0.3 is 43.4 Å². The van der Waals surface area contributed by atoms with Gasteiger partial charge >= 0.3 is 11.9 Å². The maximum absolute atomic E-state index is 13.4. The molecule has 2 rings (SSSR count). The van der Waals surface area contributed by atoms with Gasteiger partial charge in [-0.05, 0) is 103 Å². The highest BCUT2D eigenvalue weighted by Crippen LogP contribution is 2.30. The van der Waals surface area contributed by atoms with E-state index < -0.39 is 48.3 Å². The number of aliphatic hydroxyl groups is 2. The molecule has 1 fully saturated rings. The first kappa shape index (κ1) is 54.7. The fourth-order valence-corrected chi connectivity index (χ4v) is 8.59. The first-order chi connectivity index (χ1) is 28.9. The summed E-state index contributed by atoms with van der Waals surface area (Å²) in [6.45, 7) is 14.4. The SMILES string of the molecule is COCC(C(=O)O[C@@H]1C/C=C/C=C/C(=O)O[C@H]([C@@H](C)[C@@H](O)[C@@H](C)CC[C@H]2C[C@H](OC)C[C@H](C)O2)C/C=C/[C@H](OC)C[C@H](C)C/C=C(\C)[C@@H](OC)CC[C@@H](C)[C@@H](O)[C@@H]1C)N(C)C. The smallest absolute Gasteiger partial charge is 0.331 e. The number of hydrogen-bond acceptors (Lipinski definition) is 12. The van der Waals surface area contributed by atoms with Crippen LogP contribution < -0.4 is 0 Å². The Hall–Kier alpha value is -2.42. The van der Waals surface area contributed by atoms with Crippen LogP contribution in [-0.4, -0.2) is 137 Å². The average Bonchev–Trinajstić information content (AvgIpc) is 3.23. The lowest BCUT2D eigenvalue weighted by molar-refractivity contribution is -0.161. The van der Waals surface area contributed by atoms with E-state index in [1.807, 2.05) is 45.9 Å². The van der Waals surface area contributed by atoms with Crippen LogP contribution in [0.15, 0.2) is 48.1 Å². The van der Waals surface area contributed by atoms with Crippen LogP contribution in [-0.2, 0) is 42.7 Å². The van der Waals surface area contributed by atoms with Crippen LogP contribution in [0.5, 0.6) is 0 Å². The summed E-state index contributed by atoms with van der Waals surface area (Å²) < 4.78 is 41.1. The molecule has 0 radical (unpaired) electrons. The third-order valence-corrected chi connectivity index (χ3v) is 13.0.